The molecule has 0 aliphatic carbocycles. The van der Waals surface area contributed by atoms with Crippen LogP contribution in [0.2, 0.25) is 0 Å². The molecule has 8 aromatic carbocycles. The fourth-order valence-corrected chi connectivity index (χ4v) is 7.76. The zero-order valence-corrected chi connectivity index (χ0v) is 26.8. The van der Waals surface area contributed by atoms with E-state index < -0.39 is 0 Å². The van der Waals surface area contributed by atoms with Crippen molar-refractivity contribution >= 4 is 88.2 Å². The third-order valence-corrected chi connectivity index (χ3v) is 10.1. The Labute approximate surface area is 286 Å². The molecule has 236 valence electrons. The molecule has 0 amide bonds. The van der Waals surface area contributed by atoms with Crippen molar-refractivity contribution in [1.82, 2.24) is 0 Å². The Balaban J connectivity index is 1.14. The summed E-state index contributed by atoms with van der Waals surface area (Å²) in [7, 11) is 0. The number of ether oxygens (including phenoxy) is 1. The third kappa shape index (κ3) is 4.01. The normalized spacial score (nSPS) is 14.1. The van der Waals surface area contributed by atoms with Gasteiger partial charge in [-0.1, -0.05) is 97.1 Å². The van der Waals surface area contributed by atoms with Crippen molar-refractivity contribution in [3.05, 3.63) is 163 Å². The number of anilines is 4. The van der Waals surface area contributed by atoms with Gasteiger partial charge < -0.3 is 23.8 Å². The van der Waals surface area contributed by atoms with Gasteiger partial charge in [-0.3, -0.25) is 0 Å². The minimum atomic E-state index is -0.286. The highest BCUT2D eigenvalue weighted by atomic mass is 16.5. The maximum absolute atomic E-state index is 6.78. The summed E-state index contributed by atoms with van der Waals surface area (Å²) >= 11 is 0. The lowest BCUT2D eigenvalue weighted by atomic mass is 9.98. The van der Waals surface area contributed by atoms with E-state index in [1.807, 2.05) is 42.5 Å². The third-order valence-electron chi connectivity index (χ3n) is 10.1. The second-order valence-corrected chi connectivity index (χ2v) is 12.9. The van der Waals surface area contributed by atoms with Crippen molar-refractivity contribution in [3.63, 3.8) is 0 Å². The van der Waals surface area contributed by atoms with Gasteiger partial charge in [-0.15, -0.1) is 0 Å². The molecule has 1 atom stereocenters. The highest BCUT2D eigenvalue weighted by Crippen LogP contribution is 2.50. The van der Waals surface area contributed by atoms with Crippen molar-refractivity contribution < 1.29 is 13.6 Å². The summed E-state index contributed by atoms with van der Waals surface area (Å²) in [6.45, 7) is 0. The number of nitrogens with one attached hydrogen (secondary N) is 1. The summed E-state index contributed by atoms with van der Waals surface area (Å²) in [6, 6.07) is 54.9. The summed E-state index contributed by atoms with van der Waals surface area (Å²) < 4.78 is 19.6. The second-order valence-electron chi connectivity index (χ2n) is 12.9. The largest absolute Gasteiger partial charge is 0.464 e. The fourth-order valence-electron chi connectivity index (χ4n) is 7.76. The Morgan fingerprint density at radius 3 is 1.52 bits per heavy atom. The molecule has 50 heavy (non-hydrogen) atoms. The topological polar surface area (TPSA) is 50.8 Å². The van der Waals surface area contributed by atoms with Gasteiger partial charge in [0.2, 0.25) is 0 Å². The lowest BCUT2D eigenvalue weighted by molar-refractivity contribution is 0.262. The van der Waals surface area contributed by atoms with E-state index in [1.54, 1.807) is 0 Å². The summed E-state index contributed by atoms with van der Waals surface area (Å²) in [5.74, 6) is 0.856. The van der Waals surface area contributed by atoms with E-state index in [0.29, 0.717) is 0 Å². The molecule has 0 radical (unpaired) electrons. The Bertz CT molecular complexity index is 2850. The molecule has 0 spiro atoms. The molecule has 0 saturated heterocycles. The lowest BCUT2D eigenvalue weighted by Crippen LogP contribution is -2.10. The van der Waals surface area contributed by atoms with Crippen LogP contribution in [0.25, 0.3) is 65.4 Å². The van der Waals surface area contributed by atoms with Crippen molar-refractivity contribution in [2.75, 3.05) is 10.2 Å². The first-order chi connectivity index (χ1) is 24.8. The van der Waals surface area contributed by atoms with Crippen LogP contribution in [0.5, 0.6) is 5.75 Å². The molecule has 0 fully saturated rings. The summed E-state index contributed by atoms with van der Waals surface area (Å²) in [5, 5.41) is 12.6. The summed E-state index contributed by atoms with van der Waals surface area (Å²) in [6.07, 6.45) is -0.286. The predicted octanol–water partition coefficient (Wildman–Crippen LogP) is 12.8. The number of para-hydroxylation sites is 2. The smallest absolute Gasteiger partial charge is 0.196 e. The number of hydrogen-bond acceptors (Lipinski definition) is 5. The van der Waals surface area contributed by atoms with Crippen molar-refractivity contribution in [2.24, 2.45) is 0 Å². The number of hydrogen-bond donors (Lipinski definition) is 1. The first kappa shape index (κ1) is 27.3. The van der Waals surface area contributed by atoms with Crippen molar-refractivity contribution in [2.45, 2.75) is 6.23 Å². The number of nitrogens with zero attached hydrogens (tertiary/aromatic N) is 1. The van der Waals surface area contributed by atoms with Crippen LogP contribution in [-0.2, 0) is 0 Å². The number of fused-ring (bicyclic) bond motifs is 12. The van der Waals surface area contributed by atoms with E-state index in [1.165, 1.54) is 5.39 Å². The molecule has 1 unspecified atom stereocenters. The Morgan fingerprint density at radius 2 is 0.880 bits per heavy atom. The quantitative estimate of drug-likeness (QED) is 0.193. The van der Waals surface area contributed by atoms with Crippen LogP contribution >= 0.6 is 0 Å². The van der Waals surface area contributed by atoms with Crippen LogP contribution in [-0.4, -0.2) is 0 Å². The first-order valence-electron chi connectivity index (χ1n) is 16.9. The van der Waals surface area contributed by atoms with Gasteiger partial charge in [0, 0.05) is 67.1 Å². The second kappa shape index (κ2) is 10.4. The molecule has 10 aromatic rings. The SMILES string of the molecule is c1ccc(C2Nc3c(c4cc(N(c5ccc6c(c5)oc5ccccc56)c5ccc6c(c5)oc5ccccc56)ccc4c4ccccc34)O2)cc1. The Morgan fingerprint density at radius 1 is 0.400 bits per heavy atom. The maximum atomic E-state index is 6.78. The molecule has 3 heterocycles. The van der Waals surface area contributed by atoms with Crippen LogP contribution in [0.1, 0.15) is 11.8 Å². The average molecular weight is 645 g/mol. The highest BCUT2D eigenvalue weighted by Gasteiger charge is 2.29. The van der Waals surface area contributed by atoms with Gasteiger partial charge in [-0.05, 0) is 59.3 Å². The van der Waals surface area contributed by atoms with E-state index in [0.717, 1.165) is 94.1 Å². The summed E-state index contributed by atoms with van der Waals surface area (Å²) in [4.78, 5) is 2.28. The molecule has 1 aliphatic rings. The maximum Gasteiger partial charge on any atom is 0.196 e. The van der Waals surface area contributed by atoms with Crippen molar-refractivity contribution in [1.29, 1.82) is 0 Å². The summed E-state index contributed by atoms with van der Waals surface area (Å²) in [5.41, 5.74) is 8.47. The zero-order valence-electron chi connectivity index (χ0n) is 26.8. The van der Waals surface area contributed by atoms with Crippen LogP contribution < -0.4 is 15.0 Å². The van der Waals surface area contributed by atoms with E-state index in [-0.39, 0.29) is 6.23 Å². The van der Waals surface area contributed by atoms with Crippen LogP contribution in [0.3, 0.4) is 0 Å². The van der Waals surface area contributed by atoms with E-state index >= 15 is 0 Å². The number of rotatable bonds is 4. The van der Waals surface area contributed by atoms with Gasteiger partial charge in [0.05, 0.1) is 5.69 Å². The molecule has 5 nitrogen and oxygen atoms in total. The van der Waals surface area contributed by atoms with Gasteiger partial charge in [0.15, 0.2) is 12.0 Å². The molecular formula is C45H28N2O3. The minimum absolute atomic E-state index is 0.286. The molecule has 0 bridgehead atoms. The van der Waals surface area contributed by atoms with Crippen molar-refractivity contribution in [3.8, 4) is 5.75 Å². The molecule has 2 aromatic heterocycles. The van der Waals surface area contributed by atoms with E-state index in [2.05, 4.69) is 125 Å². The van der Waals surface area contributed by atoms with Gasteiger partial charge in [-0.2, -0.15) is 0 Å². The minimum Gasteiger partial charge on any atom is -0.464 e. The standard InChI is InChI=1S/C45H28N2O3/c1-2-10-27(11-3-1)45-46-43-37-15-5-4-12-31(37)32-21-18-28(24-38(32)44(43)50-45)47(29-19-22-35-33-13-6-8-16-39(33)48-41(35)25-29)30-20-23-36-34-14-7-9-17-40(34)49-42(36)26-30/h1-26,45-46H. The first-order valence-corrected chi connectivity index (χ1v) is 16.9. The predicted molar refractivity (Wildman–Crippen MR) is 204 cm³/mol. The number of benzene rings is 8. The van der Waals surface area contributed by atoms with Gasteiger partial charge >= 0.3 is 0 Å². The van der Waals surface area contributed by atoms with Gasteiger partial charge in [0.1, 0.15) is 22.3 Å². The van der Waals surface area contributed by atoms with Gasteiger partial charge in [0.25, 0.3) is 0 Å². The van der Waals surface area contributed by atoms with Gasteiger partial charge in [-0.25, -0.2) is 0 Å². The molecule has 1 aliphatic heterocycles. The van der Waals surface area contributed by atoms with Crippen LogP contribution in [0, 0.1) is 0 Å². The molecule has 0 saturated carbocycles. The molecule has 5 heteroatoms. The van der Waals surface area contributed by atoms with E-state index in [4.69, 9.17) is 13.6 Å². The average Bonchev–Trinajstić information content (AvgIpc) is 3.89. The lowest BCUT2D eigenvalue weighted by Gasteiger charge is -2.26. The molecular weight excluding hydrogens is 617 g/mol. The monoisotopic (exact) mass is 644 g/mol. The fraction of sp³-hybridized carbons (Fsp3) is 0.0222. The Kier molecular flexibility index (Phi) is 5.66. The highest BCUT2D eigenvalue weighted by molar-refractivity contribution is 6.18. The molecule has 11 rings (SSSR count). The number of furan rings is 2. The van der Waals surface area contributed by atoms with Crippen LogP contribution in [0.15, 0.2) is 167 Å². The van der Waals surface area contributed by atoms with E-state index in [9.17, 15) is 0 Å². The van der Waals surface area contributed by atoms with Crippen LogP contribution in [0.4, 0.5) is 22.7 Å². The molecule has 1 N–H and O–H groups in total. The Hall–Kier alpha value is -6.72. The zero-order chi connectivity index (χ0) is 32.8.